The molecule has 28 heavy (non-hydrogen) atoms. The molecular weight excluding hydrogens is 366 g/mol. The molecule has 3 aliphatic rings. The molecule has 3 rings (SSSR count). The second-order valence-corrected chi connectivity index (χ2v) is 7.49. The molecule has 1 saturated carbocycles. The van der Waals surface area contributed by atoms with Crippen LogP contribution in [0.1, 0.15) is 45.4 Å². The van der Waals surface area contributed by atoms with Gasteiger partial charge in [-0.2, -0.15) is 0 Å². The average molecular weight is 391 g/mol. The molecule has 2 N–H and O–H groups in total. The second kappa shape index (κ2) is 8.53. The Kier molecular flexibility index (Phi) is 6.11. The number of imide groups is 2. The Labute approximate surface area is 162 Å². The number of hydrogen-bond acceptors (Lipinski definition) is 6. The highest BCUT2D eigenvalue weighted by atomic mass is 16.5. The monoisotopic (exact) mass is 391 g/mol. The van der Waals surface area contributed by atoms with Crippen molar-refractivity contribution in [3.63, 3.8) is 0 Å². The number of carbonyl (C=O) groups excluding carboxylic acids is 5. The van der Waals surface area contributed by atoms with Crippen LogP contribution in [0.2, 0.25) is 0 Å². The number of ether oxygens (including phenoxy) is 1. The van der Waals surface area contributed by atoms with Gasteiger partial charge in [-0.25, -0.2) is 4.79 Å². The van der Waals surface area contributed by atoms with E-state index in [2.05, 4.69) is 10.6 Å². The van der Waals surface area contributed by atoms with Crippen LogP contribution < -0.4 is 10.6 Å². The topological polar surface area (TPSA) is 122 Å². The van der Waals surface area contributed by atoms with Crippen LogP contribution in [0.25, 0.3) is 0 Å². The summed E-state index contributed by atoms with van der Waals surface area (Å²) in [6, 6.07) is -0.572. The lowest BCUT2D eigenvalue weighted by molar-refractivity contribution is -0.159. The van der Waals surface area contributed by atoms with Gasteiger partial charge in [0, 0.05) is 6.04 Å². The highest BCUT2D eigenvalue weighted by Gasteiger charge is 2.47. The third kappa shape index (κ3) is 4.40. The summed E-state index contributed by atoms with van der Waals surface area (Å²) in [7, 11) is 0. The van der Waals surface area contributed by atoms with Gasteiger partial charge < -0.3 is 10.1 Å². The van der Waals surface area contributed by atoms with Gasteiger partial charge in [0.25, 0.3) is 5.91 Å². The first kappa shape index (κ1) is 20.0. The molecule has 152 valence electrons. The Bertz CT molecular complexity index is 686. The van der Waals surface area contributed by atoms with Crippen molar-refractivity contribution >= 4 is 29.7 Å². The Morgan fingerprint density at radius 1 is 1.11 bits per heavy atom. The number of carbonyl (C=O) groups is 5. The van der Waals surface area contributed by atoms with E-state index in [4.69, 9.17) is 4.74 Å². The van der Waals surface area contributed by atoms with E-state index < -0.39 is 42.4 Å². The number of amides is 5. The zero-order valence-corrected chi connectivity index (χ0v) is 15.8. The maximum Gasteiger partial charge on any atom is 0.326 e. The molecule has 0 radical (unpaired) electrons. The first-order chi connectivity index (χ1) is 13.4. The molecule has 1 heterocycles. The van der Waals surface area contributed by atoms with E-state index in [-0.39, 0.29) is 17.9 Å². The van der Waals surface area contributed by atoms with Crippen LogP contribution in [0.15, 0.2) is 12.2 Å². The van der Waals surface area contributed by atoms with Crippen molar-refractivity contribution < 1.29 is 28.7 Å². The SMILES string of the molecule is C[C@@H](OC(=O)CN1C(=O)[C@H]2CC=CC[C@H]2C1=O)C(=O)NC(=O)NC1CCCC1. The number of likely N-dealkylation sites (tertiary alicyclic amines) is 1. The minimum Gasteiger partial charge on any atom is -0.451 e. The fourth-order valence-corrected chi connectivity index (χ4v) is 3.95. The molecule has 0 aromatic heterocycles. The number of hydrogen-bond donors (Lipinski definition) is 2. The largest absolute Gasteiger partial charge is 0.451 e. The maximum atomic E-state index is 12.3. The van der Waals surface area contributed by atoms with E-state index in [1.807, 2.05) is 12.2 Å². The van der Waals surface area contributed by atoms with Gasteiger partial charge in [0.05, 0.1) is 11.8 Å². The summed E-state index contributed by atoms with van der Waals surface area (Å²) in [4.78, 5) is 61.6. The van der Waals surface area contributed by atoms with Gasteiger partial charge in [-0.05, 0) is 32.6 Å². The molecule has 0 spiro atoms. The van der Waals surface area contributed by atoms with Crippen molar-refractivity contribution in [1.82, 2.24) is 15.5 Å². The number of fused-ring (bicyclic) bond motifs is 1. The summed E-state index contributed by atoms with van der Waals surface area (Å²) < 4.78 is 5.00. The molecule has 9 heteroatoms. The van der Waals surface area contributed by atoms with Crippen LogP contribution in [0, 0.1) is 11.8 Å². The van der Waals surface area contributed by atoms with Gasteiger partial charge in [0.2, 0.25) is 11.8 Å². The third-order valence-electron chi connectivity index (χ3n) is 5.49. The quantitative estimate of drug-likeness (QED) is 0.403. The average Bonchev–Trinajstić information content (AvgIpc) is 3.24. The molecule has 2 aliphatic carbocycles. The van der Waals surface area contributed by atoms with E-state index in [0.29, 0.717) is 12.8 Å². The highest BCUT2D eigenvalue weighted by molar-refractivity contribution is 6.07. The van der Waals surface area contributed by atoms with Crippen LogP contribution in [0.3, 0.4) is 0 Å². The molecule has 0 unspecified atom stereocenters. The van der Waals surface area contributed by atoms with Crippen molar-refractivity contribution in [2.75, 3.05) is 6.54 Å². The van der Waals surface area contributed by atoms with Crippen molar-refractivity contribution in [3.8, 4) is 0 Å². The van der Waals surface area contributed by atoms with Gasteiger partial charge in [-0.1, -0.05) is 25.0 Å². The third-order valence-corrected chi connectivity index (χ3v) is 5.49. The van der Waals surface area contributed by atoms with Gasteiger partial charge in [0.1, 0.15) is 6.54 Å². The lowest BCUT2D eigenvalue weighted by atomic mass is 9.85. The van der Waals surface area contributed by atoms with E-state index in [0.717, 1.165) is 30.6 Å². The Morgan fingerprint density at radius 2 is 1.68 bits per heavy atom. The van der Waals surface area contributed by atoms with E-state index in [9.17, 15) is 24.0 Å². The van der Waals surface area contributed by atoms with E-state index >= 15 is 0 Å². The molecular formula is C19H25N3O6. The zero-order chi connectivity index (χ0) is 20.3. The lowest BCUT2D eigenvalue weighted by Crippen LogP contribution is -2.48. The Morgan fingerprint density at radius 3 is 2.25 bits per heavy atom. The minimum absolute atomic E-state index is 0.0517. The summed E-state index contributed by atoms with van der Waals surface area (Å²) in [6.07, 6.45) is 7.29. The molecule has 0 aromatic carbocycles. The summed E-state index contributed by atoms with van der Waals surface area (Å²) in [6.45, 7) is 0.796. The van der Waals surface area contributed by atoms with Crippen molar-refractivity contribution in [2.45, 2.75) is 57.6 Å². The normalized spacial score (nSPS) is 25.4. The summed E-state index contributed by atoms with van der Waals surface area (Å²) >= 11 is 0. The van der Waals surface area contributed by atoms with Crippen molar-refractivity contribution in [2.24, 2.45) is 11.8 Å². The van der Waals surface area contributed by atoms with Gasteiger partial charge >= 0.3 is 12.0 Å². The predicted octanol–water partition coefficient (Wildman–Crippen LogP) is 0.638. The molecule has 5 amide bonds. The number of nitrogens with one attached hydrogen (secondary N) is 2. The first-order valence-electron chi connectivity index (χ1n) is 9.68. The van der Waals surface area contributed by atoms with Gasteiger partial charge in [-0.15, -0.1) is 0 Å². The number of esters is 1. The number of allylic oxidation sites excluding steroid dienone is 2. The molecule has 1 saturated heterocycles. The van der Waals surface area contributed by atoms with Crippen LogP contribution in [-0.4, -0.2) is 53.3 Å². The van der Waals surface area contributed by atoms with Crippen LogP contribution >= 0.6 is 0 Å². The van der Waals surface area contributed by atoms with Crippen molar-refractivity contribution in [1.29, 1.82) is 0 Å². The van der Waals surface area contributed by atoms with Crippen molar-refractivity contribution in [3.05, 3.63) is 12.2 Å². The highest BCUT2D eigenvalue weighted by Crippen LogP contribution is 2.34. The zero-order valence-electron chi connectivity index (χ0n) is 15.8. The number of nitrogens with zero attached hydrogens (tertiary/aromatic N) is 1. The maximum absolute atomic E-state index is 12.3. The predicted molar refractivity (Wildman–Crippen MR) is 96.6 cm³/mol. The van der Waals surface area contributed by atoms with Gasteiger partial charge in [0.15, 0.2) is 6.10 Å². The fourth-order valence-electron chi connectivity index (χ4n) is 3.95. The number of rotatable bonds is 5. The summed E-state index contributed by atoms with van der Waals surface area (Å²) in [5, 5.41) is 4.84. The first-order valence-corrected chi connectivity index (χ1v) is 9.68. The van der Waals surface area contributed by atoms with E-state index in [1.165, 1.54) is 6.92 Å². The molecule has 1 aliphatic heterocycles. The molecule has 0 aromatic rings. The number of urea groups is 1. The Balaban J connectivity index is 1.46. The van der Waals surface area contributed by atoms with Gasteiger partial charge in [-0.3, -0.25) is 29.4 Å². The van der Waals surface area contributed by atoms with Crippen LogP contribution in [0.5, 0.6) is 0 Å². The minimum atomic E-state index is -1.22. The molecule has 3 atom stereocenters. The summed E-state index contributed by atoms with van der Waals surface area (Å²) in [5.74, 6) is -3.25. The standard InChI is InChI=1S/C19H25N3O6/c1-11(16(24)21-19(27)20-12-6-2-3-7-12)28-15(23)10-22-17(25)13-8-4-5-9-14(13)18(22)26/h4-5,11-14H,2-3,6-10H2,1H3,(H2,20,21,24,27)/t11-,13-,14+/m1/s1. The summed E-state index contributed by atoms with van der Waals surface area (Å²) in [5.41, 5.74) is 0. The fraction of sp³-hybridized carbons (Fsp3) is 0.632. The molecule has 0 bridgehead atoms. The van der Waals surface area contributed by atoms with Crippen LogP contribution in [-0.2, 0) is 23.9 Å². The van der Waals surface area contributed by atoms with Crippen LogP contribution in [0.4, 0.5) is 4.79 Å². The molecule has 9 nitrogen and oxygen atoms in total. The Hall–Kier alpha value is -2.71. The van der Waals surface area contributed by atoms with E-state index in [1.54, 1.807) is 0 Å². The second-order valence-electron chi connectivity index (χ2n) is 7.49. The molecule has 2 fully saturated rings. The smallest absolute Gasteiger partial charge is 0.326 e. The lowest BCUT2D eigenvalue weighted by Gasteiger charge is -2.17.